The minimum atomic E-state index is -1.21. The van der Waals surface area contributed by atoms with E-state index in [0.29, 0.717) is 32.8 Å². The Kier molecular flexibility index (Phi) is 4.35. The SMILES string of the molecule is O=C(C1COc2ccccc21)N1CC2=C(C1)CN([S+]([O-])c1ccc3ncsc3c1)C2. The molecule has 3 aliphatic rings. The predicted molar refractivity (Wildman–Crippen MR) is 116 cm³/mol. The van der Waals surface area contributed by atoms with Crippen LogP contribution in [-0.2, 0) is 16.2 Å². The number of hydrogen-bond acceptors (Lipinski definition) is 6. The van der Waals surface area contributed by atoms with Gasteiger partial charge in [-0.15, -0.1) is 15.6 Å². The average Bonchev–Trinajstić information content (AvgIpc) is 3.54. The van der Waals surface area contributed by atoms with Crippen LogP contribution < -0.4 is 4.74 Å². The van der Waals surface area contributed by atoms with E-state index in [9.17, 15) is 9.35 Å². The van der Waals surface area contributed by atoms with Crippen LogP contribution in [0, 0.1) is 0 Å². The summed E-state index contributed by atoms with van der Waals surface area (Å²) in [6, 6.07) is 13.6. The van der Waals surface area contributed by atoms with Gasteiger partial charge < -0.3 is 14.2 Å². The van der Waals surface area contributed by atoms with Crippen molar-refractivity contribution < 1.29 is 14.1 Å². The number of aromatic nitrogens is 1. The highest BCUT2D eigenvalue weighted by Crippen LogP contribution is 2.37. The number of nitrogens with zero attached hydrogens (tertiary/aromatic N) is 3. The van der Waals surface area contributed by atoms with Gasteiger partial charge in [0, 0.05) is 24.7 Å². The van der Waals surface area contributed by atoms with Crippen molar-refractivity contribution in [1.29, 1.82) is 0 Å². The van der Waals surface area contributed by atoms with Gasteiger partial charge in [-0.2, -0.15) is 0 Å². The van der Waals surface area contributed by atoms with E-state index in [0.717, 1.165) is 26.4 Å². The van der Waals surface area contributed by atoms with Crippen LogP contribution in [0.2, 0.25) is 0 Å². The van der Waals surface area contributed by atoms with E-state index < -0.39 is 11.4 Å². The van der Waals surface area contributed by atoms with Crippen molar-refractivity contribution in [2.45, 2.75) is 10.8 Å². The third-order valence-corrected chi connectivity index (χ3v) is 8.22. The van der Waals surface area contributed by atoms with Gasteiger partial charge in [0.15, 0.2) is 4.90 Å². The molecule has 0 saturated carbocycles. The van der Waals surface area contributed by atoms with Crippen molar-refractivity contribution in [3.8, 4) is 5.75 Å². The maximum Gasteiger partial charge on any atom is 0.234 e. The molecule has 4 heterocycles. The van der Waals surface area contributed by atoms with Crippen molar-refractivity contribution in [1.82, 2.24) is 14.2 Å². The largest absolute Gasteiger partial charge is 0.593 e. The van der Waals surface area contributed by atoms with Crippen LogP contribution in [0.1, 0.15) is 11.5 Å². The minimum absolute atomic E-state index is 0.123. The standard InChI is InChI=1S/C22H19N3O3S2/c26-22(18-12-28-20-4-2-1-3-17(18)20)24-8-14-10-25(11-15(14)9-24)30(27)16-5-6-19-21(7-16)29-13-23-19/h1-7,13,18H,8-12H2. The Bertz CT molecular complexity index is 1170. The first kappa shape index (κ1) is 18.4. The van der Waals surface area contributed by atoms with Gasteiger partial charge in [0.05, 0.1) is 40.2 Å². The zero-order valence-corrected chi connectivity index (χ0v) is 17.7. The Hall–Kier alpha value is -2.39. The van der Waals surface area contributed by atoms with E-state index in [1.54, 1.807) is 11.3 Å². The van der Waals surface area contributed by atoms with Crippen LogP contribution in [-0.4, -0.2) is 57.4 Å². The number of fused-ring (bicyclic) bond motifs is 2. The highest BCUT2D eigenvalue weighted by atomic mass is 32.2. The zero-order chi connectivity index (χ0) is 20.2. The molecule has 1 amide bonds. The number of rotatable bonds is 3. The van der Waals surface area contributed by atoms with E-state index in [2.05, 4.69) is 4.98 Å². The van der Waals surface area contributed by atoms with Gasteiger partial charge in [0.1, 0.15) is 18.3 Å². The molecule has 0 spiro atoms. The average molecular weight is 438 g/mol. The van der Waals surface area contributed by atoms with Crippen LogP contribution in [0.15, 0.2) is 64.0 Å². The fourth-order valence-corrected chi connectivity index (χ4v) is 6.54. The number of carbonyl (C=O) groups excluding carboxylic acids is 1. The van der Waals surface area contributed by atoms with Crippen molar-refractivity contribution >= 4 is 38.8 Å². The highest BCUT2D eigenvalue weighted by Gasteiger charge is 2.40. The quantitative estimate of drug-likeness (QED) is 0.466. The van der Waals surface area contributed by atoms with E-state index in [1.807, 2.05) is 57.2 Å². The minimum Gasteiger partial charge on any atom is -0.593 e. The number of hydrogen-bond donors (Lipinski definition) is 0. The molecular weight excluding hydrogens is 418 g/mol. The summed E-state index contributed by atoms with van der Waals surface area (Å²) < 4.78 is 21.8. The molecule has 30 heavy (non-hydrogen) atoms. The second kappa shape index (κ2) is 7.09. The Morgan fingerprint density at radius 1 is 1.13 bits per heavy atom. The zero-order valence-electron chi connectivity index (χ0n) is 16.1. The normalized spacial score (nSPS) is 21.8. The smallest absolute Gasteiger partial charge is 0.234 e. The summed E-state index contributed by atoms with van der Waals surface area (Å²) in [6.45, 7) is 2.94. The first-order valence-corrected chi connectivity index (χ1v) is 11.9. The lowest BCUT2D eigenvalue weighted by atomic mass is 10.00. The molecule has 0 radical (unpaired) electrons. The number of para-hydroxylation sites is 1. The molecule has 0 fully saturated rings. The van der Waals surface area contributed by atoms with Crippen molar-refractivity contribution in [2.75, 3.05) is 32.8 Å². The Labute approximate surface area is 181 Å². The molecule has 2 unspecified atom stereocenters. The summed E-state index contributed by atoms with van der Waals surface area (Å²) in [5.41, 5.74) is 6.18. The number of amides is 1. The highest BCUT2D eigenvalue weighted by molar-refractivity contribution is 7.89. The van der Waals surface area contributed by atoms with E-state index in [4.69, 9.17) is 4.74 Å². The lowest BCUT2D eigenvalue weighted by Gasteiger charge is -2.25. The maximum atomic E-state index is 13.1. The summed E-state index contributed by atoms with van der Waals surface area (Å²) in [5.74, 6) is 0.713. The van der Waals surface area contributed by atoms with Crippen LogP contribution >= 0.6 is 11.3 Å². The van der Waals surface area contributed by atoms with Crippen LogP contribution in [0.25, 0.3) is 10.2 Å². The fourth-order valence-electron chi connectivity index (χ4n) is 4.50. The van der Waals surface area contributed by atoms with Gasteiger partial charge in [-0.1, -0.05) is 18.2 Å². The van der Waals surface area contributed by atoms with E-state index >= 15 is 0 Å². The molecule has 2 aromatic carbocycles. The Balaban J connectivity index is 1.13. The molecule has 6 nitrogen and oxygen atoms in total. The first-order valence-electron chi connectivity index (χ1n) is 9.88. The molecule has 0 saturated heterocycles. The Morgan fingerprint density at radius 2 is 1.93 bits per heavy atom. The summed E-state index contributed by atoms with van der Waals surface area (Å²) in [6.07, 6.45) is 0. The molecule has 8 heteroatoms. The number of benzene rings is 2. The van der Waals surface area contributed by atoms with Gasteiger partial charge in [0.2, 0.25) is 5.91 Å². The number of thiazole rings is 1. The summed E-state index contributed by atoms with van der Waals surface area (Å²) >= 11 is 0.345. The third kappa shape index (κ3) is 2.94. The van der Waals surface area contributed by atoms with Gasteiger partial charge in [-0.3, -0.25) is 4.79 Å². The predicted octanol–water partition coefficient (Wildman–Crippen LogP) is 2.95. The molecule has 1 aromatic heterocycles. The molecule has 3 aliphatic heterocycles. The summed E-state index contributed by atoms with van der Waals surface area (Å²) in [7, 11) is 0. The number of ether oxygens (including phenoxy) is 1. The fraction of sp³-hybridized carbons (Fsp3) is 0.273. The molecule has 0 aliphatic carbocycles. The van der Waals surface area contributed by atoms with Crippen LogP contribution in [0.5, 0.6) is 5.75 Å². The first-order chi connectivity index (χ1) is 14.7. The van der Waals surface area contributed by atoms with Gasteiger partial charge >= 0.3 is 0 Å². The monoisotopic (exact) mass is 437 g/mol. The van der Waals surface area contributed by atoms with Crippen LogP contribution in [0.4, 0.5) is 0 Å². The number of carbonyl (C=O) groups is 1. The molecule has 3 aromatic rings. The van der Waals surface area contributed by atoms with Gasteiger partial charge in [0.25, 0.3) is 0 Å². The van der Waals surface area contributed by atoms with E-state index in [1.165, 1.54) is 11.1 Å². The summed E-state index contributed by atoms with van der Waals surface area (Å²) in [5, 5.41) is 0. The maximum absolute atomic E-state index is 13.1. The van der Waals surface area contributed by atoms with Gasteiger partial charge in [-0.25, -0.2) is 4.98 Å². The Morgan fingerprint density at radius 3 is 2.77 bits per heavy atom. The van der Waals surface area contributed by atoms with Crippen molar-refractivity contribution in [3.63, 3.8) is 0 Å². The topological polar surface area (TPSA) is 68.7 Å². The van der Waals surface area contributed by atoms with Crippen molar-refractivity contribution in [3.05, 3.63) is 64.7 Å². The third-order valence-electron chi connectivity index (χ3n) is 6.05. The molecular formula is C22H19N3O3S2. The van der Waals surface area contributed by atoms with E-state index in [-0.39, 0.29) is 11.8 Å². The molecule has 2 atom stereocenters. The summed E-state index contributed by atoms with van der Waals surface area (Å²) in [4.78, 5) is 20.1. The lowest BCUT2D eigenvalue weighted by Crippen LogP contribution is -2.38. The van der Waals surface area contributed by atoms with Crippen molar-refractivity contribution in [2.24, 2.45) is 0 Å². The molecule has 6 rings (SSSR count). The second-order valence-corrected chi connectivity index (χ2v) is 10.2. The van der Waals surface area contributed by atoms with Gasteiger partial charge in [-0.05, 0) is 29.3 Å². The molecule has 0 bridgehead atoms. The lowest BCUT2D eigenvalue weighted by molar-refractivity contribution is -0.131. The molecule has 152 valence electrons. The second-order valence-electron chi connectivity index (χ2n) is 7.83. The molecule has 0 N–H and O–H groups in total. The van der Waals surface area contributed by atoms with Crippen LogP contribution in [0.3, 0.4) is 0 Å².